The maximum Gasteiger partial charge on any atom is 0.341 e. The van der Waals surface area contributed by atoms with E-state index in [9.17, 15) is 23.6 Å². The van der Waals surface area contributed by atoms with Gasteiger partial charge in [-0.05, 0) is 61.0 Å². The van der Waals surface area contributed by atoms with Gasteiger partial charge in [-0.3, -0.25) is 14.4 Å². The lowest BCUT2D eigenvalue weighted by atomic mass is 10.0. The SMILES string of the molecule is COC(=O)c1c(NC(=O)c2ccc(N3C(=O)c4ccccc4C3=O)cc2)sc(C)c1-c1ccc(F)cc1. The second-order valence-corrected chi connectivity index (χ2v) is 9.45. The number of nitrogens with one attached hydrogen (secondary N) is 1. The number of thiophene rings is 1. The third kappa shape index (κ3) is 4.19. The number of fused-ring (bicyclic) bond motifs is 1. The number of nitrogens with zero attached hydrogens (tertiary/aromatic N) is 1. The Hall–Kier alpha value is -4.63. The second kappa shape index (κ2) is 9.44. The molecule has 0 fully saturated rings. The molecule has 0 aliphatic carbocycles. The van der Waals surface area contributed by atoms with Gasteiger partial charge in [0.15, 0.2) is 0 Å². The molecule has 37 heavy (non-hydrogen) atoms. The van der Waals surface area contributed by atoms with Crippen molar-refractivity contribution >= 4 is 45.7 Å². The number of methoxy groups -OCH3 is 1. The molecule has 0 bridgehead atoms. The molecule has 2 heterocycles. The van der Waals surface area contributed by atoms with Crippen LogP contribution in [0.3, 0.4) is 0 Å². The van der Waals surface area contributed by atoms with E-state index in [0.717, 1.165) is 9.78 Å². The molecule has 9 heteroatoms. The van der Waals surface area contributed by atoms with Crippen LogP contribution in [0.1, 0.15) is 46.3 Å². The number of aryl methyl sites for hydroxylation is 1. The minimum Gasteiger partial charge on any atom is -0.465 e. The predicted octanol–water partition coefficient (Wildman–Crippen LogP) is 5.70. The normalized spacial score (nSPS) is 12.5. The first-order chi connectivity index (χ1) is 17.8. The van der Waals surface area contributed by atoms with E-state index in [0.29, 0.717) is 27.9 Å². The summed E-state index contributed by atoms with van der Waals surface area (Å²) in [5.74, 6) is -2.40. The van der Waals surface area contributed by atoms with Crippen molar-refractivity contribution in [1.82, 2.24) is 0 Å². The van der Waals surface area contributed by atoms with Crippen molar-refractivity contribution in [3.05, 3.63) is 106 Å². The van der Waals surface area contributed by atoms with E-state index >= 15 is 0 Å². The summed E-state index contributed by atoms with van der Waals surface area (Å²) in [6.07, 6.45) is 0. The lowest BCUT2D eigenvalue weighted by Gasteiger charge is -2.14. The van der Waals surface area contributed by atoms with E-state index in [1.807, 2.05) is 0 Å². The summed E-state index contributed by atoms with van der Waals surface area (Å²) < 4.78 is 18.4. The maximum absolute atomic E-state index is 13.4. The summed E-state index contributed by atoms with van der Waals surface area (Å²) in [6.45, 7) is 1.79. The summed E-state index contributed by atoms with van der Waals surface area (Å²) in [4.78, 5) is 53.0. The van der Waals surface area contributed by atoms with Crippen LogP contribution in [-0.4, -0.2) is 30.8 Å². The Morgan fingerprint density at radius 2 is 1.49 bits per heavy atom. The first kappa shape index (κ1) is 24.1. The number of hydrogen-bond donors (Lipinski definition) is 1. The number of hydrogen-bond acceptors (Lipinski definition) is 6. The van der Waals surface area contributed by atoms with Crippen molar-refractivity contribution in [1.29, 1.82) is 0 Å². The molecule has 0 unspecified atom stereocenters. The Morgan fingerprint density at radius 3 is 2.05 bits per heavy atom. The van der Waals surface area contributed by atoms with E-state index in [1.165, 1.54) is 54.8 Å². The largest absolute Gasteiger partial charge is 0.465 e. The number of rotatable bonds is 5. The third-order valence-corrected chi connectivity index (χ3v) is 7.04. The van der Waals surface area contributed by atoms with Crippen molar-refractivity contribution in [3.8, 4) is 11.1 Å². The molecular weight excluding hydrogens is 495 g/mol. The molecule has 5 rings (SSSR count). The second-order valence-electron chi connectivity index (χ2n) is 8.23. The predicted molar refractivity (Wildman–Crippen MR) is 138 cm³/mol. The van der Waals surface area contributed by atoms with Gasteiger partial charge < -0.3 is 10.1 Å². The zero-order chi connectivity index (χ0) is 26.3. The van der Waals surface area contributed by atoms with Crippen LogP contribution < -0.4 is 10.2 Å². The topological polar surface area (TPSA) is 92.8 Å². The van der Waals surface area contributed by atoms with Crippen molar-refractivity contribution in [2.24, 2.45) is 0 Å². The molecule has 184 valence electrons. The van der Waals surface area contributed by atoms with Crippen LogP contribution in [0.2, 0.25) is 0 Å². The highest BCUT2D eigenvalue weighted by Crippen LogP contribution is 2.40. The molecule has 3 amide bonds. The Labute approximate surface area is 215 Å². The molecule has 0 radical (unpaired) electrons. The molecule has 0 spiro atoms. The molecule has 1 aliphatic heterocycles. The third-order valence-electron chi connectivity index (χ3n) is 6.02. The van der Waals surface area contributed by atoms with E-state index in [4.69, 9.17) is 4.74 Å². The minimum atomic E-state index is -0.639. The molecule has 3 aromatic carbocycles. The first-order valence-electron chi connectivity index (χ1n) is 11.2. The van der Waals surface area contributed by atoms with Crippen LogP contribution in [0, 0.1) is 12.7 Å². The van der Waals surface area contributed by atoms with Crippen LogP contribution in [0.4, 0.5) is 15.1 Å². The van der Waals surface area contributed by atoms with Gasteiger partial charge in [-0.15, -0.1) is 11.3 Å². The average molecular weight is 515 g/mol. The van der Waals surface area contributed by atoms with Crippen LogP contribution in [-0.2, 0) is 4.74 Å². The molecule has 7 nitrogen and oxygen atoms in total. The Balaban J connectivity index is 1.42. The fourth-order valence-electron chi connectivity index (χ4n) is 4.25. The van der Waals surface area contributed by atoms with E-state index in [-0.39, 0.29) is 16.1 Å². The number of halogens is 1. The van der Waals surface area contributed by atoms with Crippen LogP contribution in [0.15, 0.2) is 72.8 Å². The van der Waals surface area contributed by atoms with Crippen LogP contribution in [0.5, 0.6) is 0 Å². The van der Waals surface area contributed by atoms with Crippen molar-refractivity contribution in [3.63, 3.8) is 0 Å². The smallest absolute Gasteiger partial charge is 0.341 e. The number of ether oxygens (including phenoxy) is 1. The number of esters is 1. The summed E-state index contributed by atoms with van der Waals surface area (Å²) in [5, 5.41) is 3.05. The van der Waals surface area contributed by atoms with Gasteiger partial charge in [-0.25, -0.2) is 14.1 Å². The Bertz CT molecular complexity index is 1540. The zero-order valence-corrected chi connectivity index (χ0v) is 20.5. The number of benzene rings is 3. The number of imide groups is 1. The van der Waals surface area contributed by atoms with Crippen molar-refractivity contribution in [2.45, 2.75) is 6.92 Å². The monoisotopic (exact) mass is 514 g/mol. The lowest BCUT2D eigenvalue weighted by Crippen LogP contribution is -2.29. The zero-order valence-electron chi connectivity index (χ0n) is 19.7. The first-order valence-corrected chi connectivity index (χ1v) is 12.0. The molecule has 1 aliphatic rings. The van der Waals surface area contributed by atoms with Crippen LogP contribution in [0.25, 0.3) is 11.1 Å². The Morgan fingerprint density at radius 1 is 0.892 bits per heavy atom. The number of anilines is 2. The maximum atomic E-state index is 13.4. The molecule has 1 N–H and O–H groups in total. The average Bonchev–Trinajstić information content (AvgIpc) is 3.36. The molecule has 0 saturated carbocycles. The summed E-state index contributed by atoms with van der Waals surface area (Å²) in [6, 6.07) is 18.3. The molecule has 4 aromatic rings. The van der Waals surface area contributed by atoms with Gasteiger partial charge in [-0.2, -0.15) is 0 Å². The molecule has 0 saturated heterocycles. The van der Waals surface area contributed by atoms with Gasteiger partial charge in [-0.1, -0.05) is 24.3 Å². The summed E-state index contributed by atoms with van der Waals surface area (Å²) >= 11 is 1.20. The highest BCUT2D eigenvalue weighted by atomic mass is 32.1. The van der Waals surface area contributed by atoms with E-state index < -0.39 is 29.5 Å². The quantitative estimate of drug-likeness (QED) is 0.272. The standard InChI is InChI=1S/C28H19FN2O5S/c1-15-22(16-7-11-18(29)12-8-16)23(28(35)36-2)25(37-15)30-24(32)17-9-13-19(14-10-17)31-26(33)20-5-3-4-6-21(20)27(31)34/h3-14H,1-2H3,(H,30,32). The van der Waals surface area contributed by atoms with Gasteiger partial charge in [0, 0.05) is 16.0 Å². The molecular formula is C28H19FN2O5S. The highest BCUT2D eigenvalue weighted by Gasteiger charge is 2.36. The summed E-state index contributed by atoms with van der Waals surface area (Å²) in [7, 11) is 1.24. The summed E-state index contributed by atoms with van der Waals surface area (Å²) in [5.41, 5.74) is 2.58. The molecule has 0 atom stereocenters. The number of carbonyl (C=O) groups is 4. The van der Waals surface area contributed by atoms with Gasteiger partial charge in [0.2, 0.25) is 0 Å². The highest BCUT2D eigenvalue weighted by molar-refractivity contribution is 7.17. The number of carbonyl (C=O) groups excluding carboxylic acids is 4. The van der Waals surface area contributed by atoms with Gasteiger partial charge in [0.25, 0.3) is 17.7 Å². The van der Waals surface area contributed by atoms with Crippen molar-refractivity contribution in [2.75, 3.05) is 17.3 Å². The molecule has 1 aromatic heterocycles. The van der Waals surface area contributed by atoms with E-state index in [1.54, 1.807) is 43.3 Å². The fourth-order valence-corrected chi connectivity index (χ4v) is 5.31. The van der Waals surface area contributed by atoms with E-state index in [2.05, 4.69) is 5.32 Å². The van der Waals surface area contributed by atoms with Crippen molar-refractivity contribution < 1.29 is 28.3 Å². The Kier molecular flexibility index (Phi) is 6.14. The van der Waals surface area contributed by atoms with Crippen LogP contribution >= 0.6 is 11.3 Å². The van der Waals surface area contributed by atoms with Gasteiger partial charge in [0.1, 0.15) is 16.4 Å². The fraction of sp³-hybridized carbons (Fsp3) is 0.0714. The van der Waals surface area contributed by atoms with Gasteiger partial charge >= 0.3 is 5.97 Å². The lowest BCUT2D eigenvalue weighted by molar-refractivity contribution is 0.0603. The number of amides is 3. The van der Waals surface area contributed by atoms with Gasteiger partial charge in [0.05, 0.1) is 23.9 Å². The minimum absolute atomic E-state index is 0.174.